The van der Waals surface area contributed by atoms with Crippen LogP contribution in [0.5, 0.6) is 0 Å². The number of carbonyl (C=O) groups excluding carboxylic acids is 1. The monoisotopic (exact) mass is 588 g/mol. The SMILES string of the molecule is CN1CCN(c2ccc(C(=O)NC3=NCc4ccc(Cc5cc(F)cc(F)c5)cc43)c(CS(C)(=O)=O)c2)CC1.Cl. The summed E-state index contributed by atoms with van der Waals surface area (Å²) < 4.78 is 51.7. The highest BCUT2D eigenvalue weighted by atomic mass is 35.5. The molecule has 2 aliphatic heterocycles. The van der Waals surface area contributed by atoms with E-state index in [2.05, 4.69) is 27.2 Å². The van der Waals surface area contributed by atoms with Crippen LogP contribution in [0.4, 0.5) is 14.5 Å². The number of anilines is 1. The number of sulfone groups is 1. The fourth-order valence-corrected chi connectivity index (χ4v) is 5.84. The number of rotatable bonds is 6. The number of likely N-dealkylation sites (N-methyl/N-ethyl adjacent to an activating group) is 1. The van der Waals surface area contributed by atoms with Crippen LogP contribution in [0.3, 0.4) is 0 Å². The third kappa shape index (κ3) is 7.04. The first-order valence-electron chi connectivity index (χ1n) is 12.7. The Bertz CT molecular complexity index is 1550. The number of hydrogen-bond acceptors (Lipinski definition) is 6. The number of carbonyl (C=O) groups is 1. The summed E-state index contributed by atoms with van der Waals surface area (Å²) in [5, 5.41) is 2.87. The van der Waals surface area contributed by atoms with Gasteiger partial charge in [-0.15, -0.1) is 12.4 Å². The van der Waals surface area contributed by atoms with Gasteiger partial charge in [0.05, 0.1) is 12.3 Å². The molecule has 1 fully saturated rings. The van der Waals surface area contributed by atoms with Gasteiger partial charge in [0.2, 0.25) is 0 Å². The van der Waals surface area contributed by atoms with Crippen molar-refractivity contribution in [2.24, 2.45) is 4.99 Å². The molecule has 1 amide bonds. The molecule has 212 valence electrons. The summed E-state index contributed by atoms with van der Waals surface area (Å²) >= 11 is 0. The molecule has 2 heterocycles. The van der Waals surface area contributed by atoms with Gasteiger partial charge in [0.1, 0.15) is 17.5 Å². The van der Waals surface area contributed by atoms with E-state index in [0.29, 0.717) is 29.9 Å². The van der Waals surface area contributed by atoms with Crippen LogP contribution in [-0.2, 0) is 28.6 Å². The quantitative estimate of drug-likeness (QED) is 0.471. The first-order valence-corrected chi connectivity index (χ1v) is 14.8. The lowest BCUT2D eigenvalue weighted by atomic mass is 9.99. The first kappa shape index (κ1) is 29.6. The molecule has 3 aromatic carbocycles. The van der Waals surface area contributed by atoms with Gasteiger partial charge < -0.3 is 15.1 Å². The minimum Gasteiger partial charge on any atom is -0.369 e. The van der Waals surface area contributed by atoms with Gasteiger partial charge >= 0.3 is 0 Å². The number of piperazine rings is 1. The fraction of sp³-hybridized carbons (Fsp3) is 0.310. The largest absolute Gasteiger partial charge is 0.369 e. The number of amides is 1. The van der Waals surface area contributed by atoms with Gasteiger partial charge in [0, 0.05) is 55.3 Å². The summed E-state index contributed by atoms with van der Waals surface area (Å²) in [6.45, 7) is 3.83. The molecule has 7 nitrogen and oxygen atoms in total. The Hall–Kier alpha value is -3.34. The maximum Gasteiger partial charge on any atom is 0.257 e. The van der Waals surface area contributed by atoms with Crippen LogP contribution in [0.2, 0.25) is 0 Å². The molecule has 0 bridgehead atoms. The van der Waals surface area contributed by atoms with E-state index in [1.807, 2.05) is 24.3 Å². The third-order valence-corrected chi connectivity index (χ3v) is 7.85. The van der Waals surface area contributed by atoms with Crippen LogP contribution in [0.25, 0.3) is 0 Å². The molecule has 0 spiro atoms. The van der Waals surface area contributed by atoms with Crippen molar-refractivity contribution in [2.75, 3.05) is 44.4 Å². The van der Waals surface area contributed by atoms with Crippen LogP contribution in [-0.4, -0.2) is 64.5 Å². The Balaban J connectivity index is 0.00000370. The van der Waals surface area contributed by atoms with Crippen LogP contribution >= 0.6 is 12.4 Å². The Kier molecular flexibility index (Phi) is 8.92. The van der Waals surface area contributed by atoms with Gasteiger partial charge in [0.15, 0.2) is 9.84 Å². The molecule has 0 radical (unpaired) electrons. The molecular weight excluding hydrogens is 558 g/mol. The van der Waals surface area contributed by atoms with E-state index >= 15 is 0 Å². The molecule has 0 unspecified atom stereocenters. The molecule has 0 atom stereocenters. The van der Waals surface area contributed by atoms with Crippen molar-refractivity contribution in [3.05, 3.63) is 99.6 Å². The fourth-order valence-electron chi connectivity index (χ4n) is 5.04. The van der Waals surface area contributed by atoms with E-state index < -0.39 is 27.4 Å². The maximum absolute atomic E-state index is 13.6. The second kappa shape index (κ2) is 12.0. The molecule has 0 aliphatic carbocycles. The first-order chi connectivity index (χ1) is 18.5. The van der Waals surface area contributed by atoms with Crippen LogP contribution in [0, 0.1) is 11.6 Å². The highest BCUT2D eigenvalue weighted by Crippen LogP contribution is 2.25. The standard InChI is InChI=1S/C29H30F2N4O3S.ClH/c1-34-7-9-35(10-8-34)25-5-6-26(22(15-25)18-39(2,37)38)29(36)33-28-27-14-19(3-4-21(27)17-32-28)11-20-12-23(30)16-24(31)13-20;/h3-6,12-16H,7-11,17-18H2,1-2H3,(H,32,33,36);1H. The lowest BCUT2D eigenvalue weighted by Crippen LogP contribution is -2.44. The van der Waals surface area contributed by atoms with Crippen molar-refractivity contribution < 1.29 is 22.0 Å². The van der Waals surface area contributed by atoms with E-state index in [-0.39, 0.29) is 23.7 Å². The molecule has 11 heteroatoms. The normalized spacial score (nSPS) is 15.3. The van der Waals surface area contributed by atoms with E-state index in [1.165, 1.54) is 12.1 Å². The summed E-state index contributed by atoms with van der Waals surface area (Å²) in [5.74, 6) is -1.58. The Morgan fingerprint density at radius 3 is 2.33 bits per heavy atom. The minimum atomic E-state index is -3.40. The molecule has 3 aromatic rings. The molecular formula is C29H31ClF2N4O3S. The van der Waals surface area contributed by atoms with Gasteiger partial charge in [-0.1, -0.05) is 12.1 Å². The predicted octanol–water partition coefficient (Wildman–Crippen LogP) is 3.96. The Morgan fingerprint density at radius 2 is 1.65 bits per heavy atom. The number of hydrogen-bond donors (Lipinski definition) is 1. The average molecular weight is 589 g/mol. The number of aliphatic imine (C=N–C) groups is 1. The van der Waals surface area contributed by atoms with Crippen molar-refractivity contribution in [1.82, 2.24) is 10.2 Å². The van der Waals surface area contributed by atoms with Gasteiger partial charge in [-0.25, -0.2) is 17.2 Å². The van der Waals surface area contributed by atoms with Crippen molar-refractivity contribution in [3.63, 3.8) is 0 Å². The second-order valence-electron chi connectivity index (χ2n) is 10.3. The minimum absolute atomic E-state index is 0. The number of nitrogens with zero attached hydrogens (tertiary/aromatic N) is 3. The summed E-state index contributed by atoms with van der Waals surface area (Å²) in [6, 6.07) is 14.4. The van der Waals surface area contributed by atoms with Crippen molar-refractivity contribution >= 4 is 39.7 Å². The maximum atomic E-state index is 13.6. The Morgan fingerprint density at radius 1 is 0.950 bits per heavy atom. The summed E-state index contributed by atoms with van der Waals surface area (Å²) in [6.07, 6.45) is 1.47. The van der Waals surface area contributed by atoms with Crippen LogP contribution in [0.1, 0.15) is 38.2 Å². The van der Waals surface area contributed by atoms with Gasteiger partial charge in [-0.3, -0.25) is 9.79 Å². The van der Waals surface area contributed by atoms with Crippen molar-refractivity contribution in [1.29, 1.82) is 0 Å². The molecule has 2 aliphatic rings. The van der Waals surface area contributed by atoms with Gasteiger partial charge in [-0.2, -0.15) is 0 Å². The second-order valence-corrected chi connectivity index (χ2v) is 12.4. The summed E-state index contributed by atoms with van der Waals surface area (Å²) in [5.41, 5.74) is 4.57. The molecule has 1 saturated heterocycles. The van der Waals surface area contributed by atoms with Crippen molar-refractivity contribution in [2.45, 2.75) is 18.7 Å². The van der Waals surface area contributed by atoms with E-state index in [4.69, 9.17) is 0 Å². The van der Waals surface area contributed by atoms with Gasteiger partial charge in [0.25, 0.3) is 5.91 Å². The van der Waals surface area contributed by atoms with E-state index in [0.717, 1.165) is 60.9 Å². The number of halogens is 3. The molecule has 0 aromatic heterocycles. The lowest BCUT2D eigenvalue weighted by molar-refractivity contribution is 0.0976. The molecule has 1 N–H and O–H groups in total. The number of benzene rings is 3. The average Bonchev–Trinajstić information content (AvgIpc) is 3.24. The zero-order chi connectivity index (χ0) is 27.7. The lowest BCUT2D eigenvalue weighted by Gasteiger charge is -2.34. The Labute approximate surface area is 239 Å². The van der Waals surface area contributed by atoms with Crippen LogP contribution in [0.15, 0.2) is 59.6 Å². The number of amidine groups is 1. The zero-order valence-corrected chi connectivity index (χ0v) is 23.9. The van der Waals surface area contributed by atoms with Crippen molar-refractivity contribution in [3.8, 4) is 0 Å². The molecule has 5 rings (SSSR count). The third-order valence-electron chi connectivity index (χ3n) is 7.02. The summed E-state index contributed by atoms with van der Waals surface area (Å²) in [4.78, 5) is 22.3. The van der Waals surface area contributed by atoms with Gasteiger partial charge in [-0.05, 0) is 72.1 Å². The predicted molar refractivity (Wildman–Crippen MR) is 155 cm³/mol. The highest BCUT2D eigenvalue weighted by Gasteiger charge is 2.23. The van der Waals surface area contributed by atoms with E-state index in [1.54, 1.807) is 12.1 Å². The number of fused-ring (bicyclic) bond motifs is 1. The molecule has 40 heavy (non-hydrogen) atoms. The molecule has 0 saturated carbocycles. The zero-order valence-electron chi connectivity index (χ0n) is 22.3. The van der Waals surface area contributed by atoms with E-state index in [9.17, 15) is 22.0 Å². The smallest absolute Gasteiger partial charge is 0.257 e. The van der Waals surface area contributed by atoms with Crippen LogP contribution < -0.4 is 10.2 Å². The topological polar surface area (TPSA) is 82.1 Å². The highest BCUT2D eigenvalue weighted by molar-refractivity contribution is 7.89. The summed E-state index contributed by atoms with van der Waals surface area (Å²) in [7, 11) is -1.33. The number of nitrogens with one attached hydrogen (secondary N) is 1.